The first-order chi connectivity index (χ1) is 21.0. The third-order valence-electron chi connectivity index (χ3n) is 9.23. The minimum absolute atomic E-state index is 0.104. The molecule has 2 saturated heterocycles. The van der Waals surface area contributed by atoms with Crippen LogP contribution in [0, 0.1) is 16.7 Å². The van der Waals surface area contributed by atoms with Crippen molar-refractivity contribution in [2.45, 2.75) is 64.2 Å². The van der Waals surface area contributed by atoms with Gasteiger partial charge >= 0.3 is 6.01 Å². The highest BCUT2D eigenvalue weighted by Crippen LogP contribution is 2.35. The van der Waals surface area contributed by atoms with E-state index in [0.717, 1.165) is 43.0 Å². The van der Waals surface area contributed by atoms with Gasteiger partial charge in [-0.25, -0.2) is 0 Å². The Bertz CT molecular complexity index is 1530. The summed E-state index contributed by atoms with van der Waals surface area (Å²) in [5, 5.41) is 20.4. The fourth-order valence-electron chi connectivity index (χ4n) is 7.05. The van der Waals surface area contributed by atoms with Crippen molar-refractivity contribution < 1.29 is 4.74 Å². The van der Waals surface area contributed by atoms with Gasteiger partial charge in [-0.2, -0.15) is 15.2 Å². The van der Waals surface area contributed by atoms with Gasteiger partial charge in [0.05, 0.1) is 30.8 Å². The first-order valence-corrected chi connectivity index (χ1v) is 15.6. The summed E-state index contributed by atoms with van der Waals surface area (Å²) < 4.78 is 6.41. The molecule has 2 fully saturated rings. The van der Waals surface area contributed by atoms with Crippen molar-refractivity contribution in [1.29, 1.82) is 10.7 Å². The van der Waals surface area contributed by atoms with Gasteiger partial charge < -0.3 is 19.4 Å². The molecule has 9 heteroatoms. The van der Waals surface area contributed by atoms with Crippen LogP contribution in [-0.2, 0) is 13.0 Å². The Morgan fingerprint density at radius 2 is 1.93 bits per heavy atom. The van der Waals surface area contributed by atoms with Crippen molar-refractivity contribution in [1.82, 2.24) is 19.8 Å². The third-order valence-corrected chi connectivity index (χ3v) is 9.23. The number of hydrogen-bond acceptors (Lipinski definition) is 8. The number of amidine groups is 1. The van der Waals surface area contributed by atoms with Crippen LogP contribution in [0.2, 0.25) is 0 Å². The summed E-state index contributed by atoms with van der Waals surface area (Å²) in [5.41, 5.74) is 3.39. The minimum Gasteiger partial charge on any atom is -0.462 e. The van der Waals surface area contributed by atoms with Gasteiger partial charge in [0.25, 0.3) is 0 Å². The summed E-state index contributed by atoms with van der Waals surface area (Å²) in [5.74, 6) is 1.28. The summed E-state index contributed by atoms with van der Waals surface area (Å²) in [4.78, 5) is 19.3. The minimum atomic E-state index is -0.104. The smallest absolute Gasteiger partial charge is 0.318 e. The van der Waals surface area contributed by atoms with E-state index in [2.05, 4.69) is 83.7 Å². The number of nitriles is 1. The van der Waals surface area contributed by atoms with Crippen molar-refractivity contribution in [2.75, 3.05) is 49.1 Å². The van der Waals surface area contributed by atoms with Crippen LogP contribution in [0.5, 0.6) is 6.01 Å². The molecule has 1 aromatic heterocycles. The largest absolute Gasteiger partial charge is 0.462 e. The molecule has 0 unspecified atom stereocenters. The maximum absolute atomic E-state index is 9.58. The van der Waals surface area contributed by atoms with E-state index in [9.17, 15) is 5.26 Å². The number of hydrogen-bond donors (Lipinski definition) is 1. The molecule has 0 saturated carbocycles. The number of benzene rings is 2. The zero-order chi connectivity index (χ0) is 29.9. The first-order valence-electron chi connectivity index (χ1n) is 15.6. The monoisotopic (exact) mass is 578 g/mol. The SMILES string of the molecule is C=CC(=N)N1CCN(c2nc(OC[C@@H]3CCCN3C(C)C)nc3c2CCN(c2cccc4ccccc24)C3)C[C@@H]1CC#N. The number of rotatable bonds is 8. The van der Waals surface area contributed by atoms with Gasteiger partial charge in [0.15, 0.2) is 0 Å². The molecule has 1 N–H and O–H groups in total. The number of aromatic nitrogens is 2. The van der Waals surface area contributed by atoms with Gasteiger partial charge in [0.2, 0.25) is 0 Å². The second-order valence-electron chi connectivity index (χ2n) is 12.1. The van der Waals surface area contributed by atoms with Crippen molar-refractivity contribution in [3.05, 3.63) is 66.4 Å². The van der Waals surface area contributed by atoms with Crippen LogP contribution in [0.4, 0.5) is 11.5 Å². The molecule has 224 valence electrons. The molecule has 0 spiro atoms. The standard InChI is InChI=1S/C34H42N8O/c1-4-32(36)42-20-19-40(21-26(42)14-16-35)33-29-15-18-39(31-13-7-10-25-9-5-6-12-28(25)31)22-30(29)37-34(38-33)43-23-27-11-8-17-41(27)24(2)3/h4-7,9-10,12-13,24,26-27,36H,1,8,11,14-15,17-23H2,2-3H3/t26-,27-/m0/s1. The van der Waals surface area contributed by atoms with Crippen LogP contribution in [0.25, 0.3) is 10.8 Å². The van der Waals surface area contributed by atoms with Crippen molar-refractivity contribution in [3.8, 4) is 12.1 Å². The number of piperazine rings is 1. The number of anilines is 2. The van der Waals surface area contributed by atoms with Crippen molar-refractivity contribution in [2.24, 2.45) is 0 Å². The van der Waals surface area contributed by atoms with E-state index in [1.165, 1.54) is 22.9 Å². The van der Waals surface area contributed by atoms with Crippen LogP contribution in [0.1, 0.15) is 44.4 Å². The average Bonchev–Trinajstić information content (AvgIpc) is 3.52. The Morgan fingerprint density at radius 1 is 1.09 bits per heavy atom. The van der Waals surface area contributed by atoms with Gasteiger partial charge in [-0.3, -0.25) is 10.3 Å². The topological polar surface area (TPSA) is 95.6 Å². The maximum Gasteiger partial charge on any atom is 0.318 e. The van der Waals surface area contributed by atoms with E-state index in [0.29, 0.717) is 63.1 Å². The lowest BCUT2D eigenvalue weighted by Crippen LogP contribution is -2.55. The number of likely N-dealkylation sites (tertiary alicyclic amines) is 1. The highest BCUT2D eigenvalue weighted by Gasteiger charge is 2.33. The molecule has 43 heavy (non-hydrogen) atoms. The summed E-state index contributed by atoms with van der Waals surface area (Å²) in [6, 6.07) is 18.5. The summed E-state index contributed by atoms with van der Waals surface area (Å²) in [7, 11) is 0. The van der Waals surface area contributed by atoms with E-state index < -0.39 is 0 Å². The Labute approximate surface area is 254 Å². The molecular formula is C34H42N8O. The van der Waals surface area contributed by atoms with Crippen molar-refractivity contribution in [3.63, 3.8) is 0 Å². The molecule has 0 radical (unpaired) electrons. The molecule has 3 aliphatic rings. The summed E-state index contributed by atoms with van der Waals surface area (Å²) in [6.07, 6.45) is 5.03. The first kappa shape index (κ1) is 28.9. The highest BCUT2D eigenvalue weighted by molar-refractivity contribution is 5.94. The molecule has 4 heterocycles. The molecule has 6 rings (SSSR count). The van der Waals surface area contributed by atoms with E-state index in [4.69, 9.17) is 20.1 Å². The van der Waals surface area contributed by atoms with Gasteiger partial charge in [0, 0.05) is 54.9 Å². The second kappa shape index (κ2) is 12.6. The van der Waals surface area contributed by atoms with E-state index in [1.807, 2.05) is 4.90 Å². The quantitative estimate of drug-likeness (QED) is 0.294. The third kappa shape index (κ3) is 5.89. The fourth-order valence-corrected chi connectivity index (χ4v) is 7.05. The van der Waals surface area contributed by atoms with Gasteiger partial charge in [-0.15, -0.1) is 0 Å². The van der Waals surface area contributed by atoms with Gasteiger partial charge in [0.1, 0.15) is 18.3 Å². The second-order valence-corrected chi connectivity index (χ2v) is 12.1. The zero-order valence-corrected chi connectivity index (χ0v) is 25.4. The Morgan fingerprint density at radius 3 is 2.74 bits per heavy atom. The Kier molecular flexibility index (Phi) is 8.48. The van der Waals surface area contributed by atoms with E-state index >= 15 is 0 Å². The number of nitrogens with zero attached hydrogens (tertiary/aromatic N) is 7. The van der Waals surface area contributed by atoms with Gasteiger partial charge in [-0.1, -0.05) is 43.0 Å². The summed E-state index contributed by atoms with van der Waals surface area (Å²) in [6.45, 7) is 13.5. The van der Waals surface area contributed by atoms with Crippen LogP contribution in [-0.4, -0.2) is 83.1 Å². The van der Waals surface area contributed by atoms with Crippen molar-refractivity contribution >= 4 is 28.1 Å². The molecule has 9 nitrogen and oxygen atoms in total. The molecule has 0 aliphatic carbocycles. The molecular weight excluding hydrogens is 536 g/mol. The van der Waals surface area contributed by atoms with E-state index in [1.54, 1.807) is 6.08 Å². The summed E-state index contributed by atoms with van der Waals surface area (Å²) >= 11 is 0. The molecule has 0 amide bonds. The lowest BCUT2D eigenvalue weighted by molar-refractivity contribution is 0.138. The predicted octanol–water partition coefficient (Wildman–Crippen LogP) is 5.01. The number of nitrogens with one attached hydrogen (secondary N) is 1. The molecule has 2 aromatic carbocycles. The van der Waals surface area contributed by atoms with Crippen LogP contribution >= 0.6 is 0 Å². The molecule has 2 atom stereocenters. The average molecular weight is 579 g/mol. The lowest BCUT2D eigenvalue weighted by atomic mass is 10.0. The molecule has 3 aromatic rings. The van der Waals surface area contributed by atoms with Crippen LogP contribution in [0.3, 0.4) is 0 Å². The Hall–Kier alpha value is -4.16. The lowest BCUT2D eigenvalue weighted by Gasteiger charge is -2.43. The Balaban J connectivity index is 1.32. The van der Waals surface area contributed by atoms with Gasteiger partial charge in [-0.05, 0) is 57.2 Å². The normalized spacial score (nSPS) is 20.7. The van der Waals surface area contributed by atoms with E-state index in [-0.39, 0.29) is 6.04 Å². The van der Waals surface area contributed by atoms with Crippen LogP contribution in [0.15, 0.2) is 55.1 Å². The zero-order valence-electron chi connectivity index (χ0n) is 25.4. The molecule has 0 bridgehead atoms. The molecule has 3 aliphatic heterocycles. The highest BCUT2D eigenvalue weighted by atomic mass is 16.5. The fraction of sp³-hybridized carbons (Fsp3) is 0.471. The number of fused-ring (bicyclic) bond motifs is 2. The van der Waals surface area contributed by atoms with Crippen LogP contribution < -0.4 is 14.5 Å². The predicted molar refractivity (Wildman–Crippen MR) is 172 cm³/mol. The number of ether oxygens (including phenoxy) is 1. The maximum atomic E-state index is 9.58.